The van der Waals surface area contributed by atoms with Crippen molar-refractivity contribution < 1.29 is 50.9 Å². The molecule has 0 saturated heterocycles. The topological polar surface area (TPSA) is 214 Å². The van der Waals surface area contributed by atoms with E-state index in [1.54, 1.807) is 114 Å². The monoisotopic (exact) mass is 1240 g/mol. The molecule has 91 heavy (non-hydrogen) atoms. The summed E-state index contributed by atoms with van der Waals surface area (Å²) in [5, 5.41) is 0. The molecule has 0 spiro atoms. The maximum Gasteiger partial charge on any atom is 0.272 e. The van der Waals surface area contributed by atoms with Crippen LogP contribution in [0.4, 0.5) is 17.6 Å². The van der Waals surface area contributed by atoms with Gasteiger partial charge in [-0.15, -0.1) is 0 Å². The minimum atomic E-state index is -2.97. The number of ether oxygens (including phenoxy) is 4. The smallest absolute Gasteiger partial charge is 0.272 e. The van der Waals surface area contributed by atoms with Crippen LogP contribution < -0.4 is 18.9 Å². The average Bonchev–Trinajstić information content (AvgIpc) is 1.10. The fourth-order valence-electron chi connectivity index (χ4n) is 9.27. The van der Waals surface area contributed by atoms with E-state index in [1.807, 2.05) is 67.5 Å². The molecule has 0 aliphatic rings. The number of carbonyl (C=O) groups is 3. The summed E-state index contributed by atoms with van der Waals surface area (Å²) in [7, 11) is 1.55. The highest BCUT2D eigenvalue weighted by Gasteiger charge is 2.29. The van der Waals surface area contributed by atoms with Crippen molar-refractivity contribution in [2.45, 2.75) is 86.4 Å². The van der Waals surface area contributed by atoms with Gasteiger partial charge in [-0.1, -0.05) is 18.2 Å². The standard InChI is InChI=1S/C24H26F2N4O3.2C22H23FN4O2/c1-5-30(16(2)15-33-21-10-7-17(14-29-21)24(3,25)26)23(31)19-9-8-18(32-4)13-20(19)22-27-11-6-12-28-22;1-4-27(16(3)14-29-20-9-6-15(2)13-26-20)22(28)19-12-17(23)7-8-18(19)21-24-10-5-11-25-21;1-4-27(16(3)14-29-19-10-9-15(2)13-26-19)22(28)17-7-5-8-18(23)20(17)21-24-11-6-12-25-21/h6-14,16H,5,15H2,1-4H3;2*5-13,16H,4,14H2,1-3H3/t3*16-/m000/s1. The van der Waals surface area contributed by atoms with Crippen molar-refractivity contribution in [3.63, 3.8) is 0 Å². The van der Waals surface area contributed by atoms with Gasteiger partial charge in [0.1, 0.15) is 37.2 Å². The molecule has 3 atom stereocenters. The van der Waals surface area contributed by atoms with Crippen LogP contribution in [0.3, 0.4) is 0 Å². The van der Waals surface area contributed by atoms with E-state index in [0.29, 0.717) is 65.5 Å². The van der Waals surface area contributed by atoms with Gasteiger partial charge in [0, 0.05) is 117 Å². The number of aryl methyl sites for hydroxylation is 2. The van der Waals surface area contributed by atoms with E-state index < -0.39 is 17.6 Å². The van der Waals surface area contributed by atoms with E-state index >= 15 is 0 Å². The normalized spacial score (nSPS) is 11.9. The highest BCUT2D eigenvalue weighted by molar-refractivity contribution is 6.02. The molecule has 0 fully saturated rings. The highest BCUT2D eigenvalue weighted by Crippen LogP contribution is 2.30. The van der Waals surface area contributed by atoms with Gasteiger partial charge in [0.25, 0.3) is 23.6 Å². The molecule has 0 unspecified atom stereocenters. The van der Waals surface area contributed by atoms with Crippen LogP contribution in [-0.2, 0) is 5.92 Å². The molecular formula is C68H72F4N12O7. The quantitative estimate of drug-likeness (QED) is 0.0544. The summed E-state index contributed by atoms with van der Waals surface area (Å²) >= 11 is 0. The number of pyridine rings is 3. The molecule has 0 N–H and O–H groups in total. The van der Waals surface area contributed by atoms with Crippen LogP contribution in [0.2, 0.25) is 0 Å². The first-order valence-corrected chi connectivity index (χ1v) is 29.3. The van der Waals surface area contributed by atoms with Crippen molar-refractivity contribution in [1.29, 1.82) is 0 Å². The Labute approximate surface area is 526 Å². The first kappa shape index (κ1) is 68.2. The SMILES string of the molecule is CCN(C(=O)c1cc(F)ccc1-c1ncccn1)[C@@H](C)COc1ccc(C)cn1.CCN(C(=O)c1ccc(OC)cc1-c1ncccn1)[C@@H](C)COc1ccc(C(C)(F)F)cn1.CCN(C(=O)c1cccc(F)c1-c1ncccn1)[C@@H](C)COc1ccc(C)cn1. The molecule has 9 aromatic rings. The predicted octanol–water partition coefficient (Wildman–Crippen LogP) is 12.4. The van der Waals surface area contributed by atoms with Crippen LogP contribution in [0.5, 0.6) is 23.4 Å². The Morgan fingerprint density at radius 3 is 1.35 bits per heavy atom. The van der Waals surface area contributed by atoms with Crippen molar-refractivity contribution in [3.8, 4) is 57.6 Å². The highest BCUT2D eigenvalue weighted by atomic mass is 19.3. The van der Waals surface area contributed by atoms with E-state index in [9.17, 15) is 31.9 Å². The number of halogens is 4. The third-order valence-corrected chi connectivity index (χ3v) is 14.1. The van der Waals surface area contributed by atoms with Crippen LogP contribution in [-0.4, -0.2) is 142 Å². The Hall–Kier alpha value is -10.3. The number of nitrogens with zero attached hydrogens (tertiary/aromatic N) is 12. The molecule has 6 aromatic heterocycles. The second kappa shape index (κ2) is 32.8. The molecule has 0 aliphatic heterocycles. The van der Waals surface area contributed by atoms with E-state index in [1.165, 1.54) is 54.9 Å². The lowest BCUT2D eigenvalue weighted by atomic mass is 10.0. The summed E-state index contributed by atoms with van der Waals surface area (Å²) in [6.45, 7) is 17.9. The number of aromatic nitrogens is 9. The van der Waals surface area contributed by atoms with Gasteiger partial charge in [-0.3, -0.25) is 14.4 Å². The fraction of sp³-hybridized carbons (Fsp3) is 0.294. The van der Waals surface area contributed by atoms with Crippen LogP contribution in [0.15, 0.2) is 165 Å². The van der Waals surface area contributed by atoms with Crippen molar-refractivity contribution in [1.82, 2.24) is 59.6 Å². The number of benzene rings is 3. The zero-order valence-corrected chi connectivity index (χ0v) is 52.3. The lowest BCUT2D eigenvalue weighted by Gasteiger charge is -2.28. The summed E-state index contributed by atoms with van der Waals surface area (Å²) in [5.74, 6) is -2.07. The number of rotatable bonds is 23. The van der Waals surface area contributed by atoms with Crippen molar-refractivity contribution in [2.75, 3.05) is 46.6 Å². The molecule has 9 rings (SSSR count). The Balaban J connectivity index is 0.000000194. The van der Waals surface area contributed by atoms with Crippen LogP contribution in [0.25, 0.3) is 34.2 Å². The molecule has 0 aliphatic carbocycles. The lowest BCUT2D eigenvalue weighted by Crippen LogP contribution is -2.42. The zero-order chi connectivity index (χ0) is 65.6. The molecule has 19 nitrogen and oxygen atoms in total. The second-order valence-corrected chi connectivity index (χ2v) is 20.9. The summed E-state index contributed by atoms with van der Waals surface area (Å²) in [5.41, 5.74) is 3.91. The number of hydrogen-bond donors (Lipinski definition) is 0. The van der Waals surface area contributed by atoms with Crippen LogP contribution in [0, 0.1) is 25.5 Å². The Morgan fingerprint density at radius 2 is 0.923 bits per heavy atom. The first-order chi connectivity index (χ1) is 43.7. The molecule has 0 saturated carbocycles. The van der Waals surface area contributed by atoms with Crippen LogP contribution in [0.1, 0.15) is 96.2 Å². The minimum absolute atomic E-state index is 0.102. The molecule has 3 amide bonds. The van der Waals surface area contributed by atoms with E-state index in [4.69, 9.17) is 18.9 Å². The second-order valence-electron chi connectivity index (χ2n) is 20.9. The predicted molar refractivity (Wildman–Crippen MR) is 336 cm³/mol. The number of hydrogen-bond acceptors (Lipinski definition) is 16. The zero-order valence-electron chi connectivity index (χ0n) is 52.3. The first-order valence-electron chi connectivity index (χ1n) is 29.3. The van der Waals surface area contributed by atoms with Gasteiger partial charge >= 0.3 is 0 Å². The summed E-state index contributed by atoms with van der Waals surface area (Å²) in [6, 6.07) is 27.9. The maximum atomic E-state index is 14.6. The fourth-order valence-corrected chi connectivity index (χ4v) is 9.27. The third kappa shape index (κ3) is 18.6. The average molecular weight is 1250 g/mol. The van der Waals surface area contributed by atoms with Gasteiger partial charge in [-0.2, -0.15) is 0 Å². The van der Waals surface area contributed by atoms with Gasteiger partial charge < -0.3 is 33.6 Å². The number of amides is 3. The van der Waals surface area contributed by atoms with Crippen LogP contribution >= 0.6 is 0 Å². The van der Waals surface area contributed by atoms with E-state index in [2.05, 4.69) is 44.9 Å². The van der Waals surface area contributed by atoms with Gasteiger partial charge in [0.2, 0.25) is 17.6 Å². The Kier molecular flexibility index (Phi) is 24.6. The summed E-state index contributed by atoms with van der Waals surface area (Å²) in [6.07, 6.45) is 14.0. The van der Waals surface area contributed by atoms with Crippen molar-refractivity contribution >= 4 is 17.7 Å². The number of alkyl halides is 2. The molecular weight excluding hydrogens is 1170 g/mol. The third-order valence-electron chi connectivity index (χ3n) is 14.1. The number of carbonyl (C=O) groups excluding carboxylic acids is 3. The van der Waals surface area contributed by atoms with Gasteiger partial charge in [-0.05, 0) is 139 Å². The maximum absolute atomic E-state index is 14.6. The summed E-state index contributed by atoms with van der Waals surface area (Å²) in [4.78, 5) is 82.4. The van der Waals surface area contributed by atoms with Crippen molar-refractivity contribution in [3.05, 3.63) is 210 Å². The lowest BCUT2D eigenvalue weighted by molar-refractivity contribution is 0.0169. The van der Waals surface area contributed by atoms with Gasteiger partial charge in [0.15, 0.2) is 17.5 Å². The Bertz CT molecular complexity index is 3710. The van der Waals surface area contributed by atoms with Gasteiger partial charge in [-0.25, -0.2) is 62.4 Å². The summed E-state index contributed by atoms with van der Waals surface area (Å²) < 4.78 is 77.7. The van der Waals surface area contributed by atoms with E-state index in [0.717, 1.165) is 24.2 Å². The molecule has 3 aromatic carbocycles. The molecule has 0 radical (unpaired) electrons. The largest absolute Gasteiger partial charge is 0.497 e. The van der Waals surface area contributed by atoms with E-state index in [-0.39, 0.29) is 89.6 Å². The molecule has 23 heteroatoms. The Morgan fingerprint density at radius 1 is 0.484 bits per heavy atom. The van der Waals surface area contributed by atoms with Crippen molar-refractivity contribution in [2.24, 2.45) is 0 Å². The minimum Gasteiger partial charge on any atom is -0.497 e. The molecule has 6 heterocycles. The number of methoxy groups -OCH3 is 1. The molecule has 0 bridgehead atoms. The molecule has 474 valence electrons. The van der Waals surface area contributed by atoms with Gasteiger partial charge in [0.05, 0.1) is 47.5 Å². The number of likely N-dealkylation sites (N-methyl/N-ethyl adjacent to an activating group) is 3.